The van der Waals surface area contributed by atoms with E-state index in [0.717, 1.165) is 18.9 Å². The summed E-state index contributed by atoms with van der Waals surface area (Å²) in [6.45, 7) is 11.0. The number of benzene rings is 1. The van der Waals surface area contributed by atoms with E-state index in [-0.39, 0.29) is 13.2 Å². The lowest BCUT2D eigenvalue weighted by atomic mass is 10.0. The first-order chi connectivity index (χ1) is 14.4. The Morgan fingerprint density at radius 3 is 1.93 bits per heavy atom. The first-order valence-electron chi connectivity index (χ1n) is 11.8. The van der Waals surface area contributed by atoms with Crippen LogP contribution in [0, 0.1) is 5.92 Å². The zero-order chi connectivity index (χ0) is 22.4. The van der Waals surface area contributed by atoms with E-state index in [4.69, 9.17) is 9.47 Å². The van der Waals surface area contributed by atoms with E-state index < -0.39 is 25.9 Å². The molecule has 0 bridgehead atoms. The summed E-state index contributed by atoms with van der Waals surface area (Å²) in [6.07, 6.45) is 9.02. The van der Waals surface area contributed by atoms with E-state index >= 15 is 0 Å². The Hall–Kier alpha value is -1.62. The molecule has 0 atom stereocenters. The van der Waals surface area contributed by atoms with Crippen LogP contribution < -0.4 is 5.19 Å². The van der Waals surface area contributed by atoms with E-state index in [1.807, 2.05) is 0 Å². The van der Waals surface area contributed by atoms with Crippen molar-refractivity contribution in [1.29, 1.82) is 0 Å². The summed E-state index contributed by atoms with van der Waals surface area (Å²) >= 11 is 0. The van der Waals surface area contributed by atoms with Crippen molar-refractivity contribution in [1.82, 2.24) is 0 Å². The molecular weight excluding hydrogens is 392 g/mol. The van der Waals surface area contributed by atoms with Crippen molar-refractivity contribution in [2.75, 3.05) is 13.2 Å². The van der Waals surface area contributed by atoms with Crippen molar-refractivity contribution in [2.45, 2.75) is 91.3 Å². The highest BCUT2D eigenvalue weighted by molar-refractivity contribution is 6.89. The third-order valence-electron chi connectivity index (χ3n) is 5.74. The van der Waals surface area contributed by atoms with Crippen molar-refractivity contribution < 1.29 is 19.1 Å². The summed E-state index contributed by atoms with van der Waals surface area (Å²) in [5.41, 5.74) is 1.42. The zero-order valence-electron chi connectivity index (χ0n) is 19.8. The van der Waals surface area contributed by atoms with Crippen molar-refractivity contribution in [3.8, 4) is 0 Å². The van der Waals surface area contributed by atoms with Gasteiger partial charge in [-0.25, -0.2) is 0 Å². The SMILES string of the molecule is CCCCCCCc1ccc([Si](C)(C)CCCC(C(=O)OCC)C(=O)OCC)cc1. The van der Waals surface area contributed by atoms with Crippen LogP contribution in [0.5, 0.6) is 0 Å². The lowest BCUT2D eigenvalue weighted by Gasteiger charge is -2.24. The Morgan fingerprint density at radius 1 is 0.833 bits per heavy atom. The maximum atomic E-state index is 12.2. The maximum absolute atomic E-state index is 12.2. The van der Waals surface area contributed by atoms with Crippen molar-refractivity contribution in [2.24, 2.45) is 5.92 Å². The number of unbranched alkanes of at least 4 members (excludes halogenated alkanes) is 4. The van der Waals surface area contributed by atoms with Gasteiger partial charge in [-0.3, -0.25) is 9.59 Å². The first kappa shape index (κ1) is 26.4. The van der Waals surface area contributed by atoms with Crippen LogP contribution in [0.3, 0.4) is 0 Å². The number of esters is 2. The van der Waals surface area contributed by atoms with Gasteiger partial charge in [-0.05, 0) is 38.7 Å². The highest BCUT2D eigenvalue weighted by Crippen LogP contribution is 2.20. The minimum absolute atomic E-state index is 0.278. The summed E-state index contributed by atoms with van der Waals surface area (Å²) in [6, 6.07) is 10.2. The predicted molar refractivity (Wildman–Crippen MR) is 127 cm³/mol. The fourth-order valence-electron chi connectivity index (χ4n) is 3.77. The van der Waals surface area contributed by atoms with Gasteiger partial charge >= 0.3 is 11.9 Å². The molecule has 0 saturated heterocycles. The molecule has 1 rings (SSSR count). The molecule has 0 aromatic heterocycles. The van der Waals surface area contributed by atoms with Crippen LogP contribution >= 0.6 is 0 Å². The van der Waals surface area contributed by atoms with Gasteiger partial charge in [0.2, 0.25) is 0 Å². The average Bonchev–Trinajstić information content (AvgIpc) is 2.71. The standard InChI is InChI=1S/C25H42O4Si/c1-6-9-10-11-12-14-21-16-18-22(19-17-21)30(4,5)20-13-15-23(24(26)28-7-2)25(27)29-8-3/h16-19,23H,6-15,20H2,1-5H3. The summed E-state index contributed by atoms with van der Waals surface area (Å²) in [5.74, 6) is -1.72. The van der Waals surface area contributed by atoms with Crippen molar-refractivity contribution in [3.05, 3.63) is 29.8 Å². The highest BCUT2D eigenvalue weighted by Gasteiger charge is 2.31. The average molecular weight is 435 g/mol. The van der Waals surface area contributed by atoms with Gasteiger partial charge in [0, 0.05) is 0 Å². The molecule has 0 aliphatic heterocycles. The zero-order valence-corrected chi connectivity index (χ0v) is 20.8. The quantitative estimate of drug-likeness (QED) is 0.155. The Kier molecular flexibility index (Phi) is 12.7. The molecule has 5 heteroatoms. The van der Waals surface area contributed by atoms with Gasteiger partial charge in [0.05, 0.1) is 21.3 Å². The number of carbonyl (C=O) groups is 2. The number of hydrogen-bond acceptors (Lipinski definition) is 4. The van der Waals surface area contributed by atoms with Gasteiger partial charge in [-0.15, -0.1) is 0 Å². The van der Waals surface area contributed by atoms with Crippen LogP contribution in [-0.2, 0) is 25.5 Å². The number of hydrogen-bond donors (Lipinski definition) is 0. The predicted octanol–water partition coefficient (Wildman–Crippen LogP) is 5.64. The molecule has 1 aromatic rings. The topological polar surface area (TPSA) is 52.6 Å². The first-order valence-corrected chi connectivity index (χ1v) is 15.0. The van der Waals surface area contributed by atoms with Gasteiger partial charge in [0.25, 0.3) is 0 Å². The van der Waals surface area contributed by atoms with Crippen LogP contribution in [0.15, 0.2) is 24.3 Å². The van der Waals surface area contributed by atoms with E-state index in [0.29, 0.717) is 6.42 Å². The second-order valence-electron chi connectivity index (χ2n) is 8.69. The molecule has 0 fully saturated rings. The summed E-state index contributed by atoms with van der Waals surface area (Å²) in [4.78, 5) is 24.3. The molecule has 0 amide bonds. The summed E-state index contributed by atoms with van der Waals surface area (Å²) in [5, 5.41) is 1.43. The van der Waals surface area contributed by atoms with Gasteiger partial charge in [0.15, 0.2) is 5.92 Å². The molecular formula is C25H42O4Si. The molecule has 170 valence electrons. The molecule has 1 aromatic carbocycles. The summed E-state index contributed by atoms with van der Waals surface area (Å²) < 4.78 is 10.2. The Balaban J connectivity index is 2.58. The number of ether oxygens (including phenoxy) is 2. The van der Waals surface area contributed by atoms with Gasteiger partial charge in [-0.2, -0.15) is 0 Å². The monoisotopic (exact) mass is 434 g/mol. The van der Waals surface area contributed by atoms with Crippen LogP contribution in [0.1, 0.15) is 71.3 Å². The number of carbonyl (C=O) groups excluding carboxylic acids is 2. The molecule has 0 heterocycles. The fraction of sp³-hybridized carbons (Fsp3) is 0.680. The fourth-order valence-corrected chi connectivity index (χ4v) is 6.21. The van der Waals surface area contributed by atoms with Gasteiger partial charge < -0.3 is 9.47 Å². The van der Waals surface area contributed by atoms with Crippen LogP contribution in [0.2, 0.25) is 19.1 Å². The van der Waals surface area contributed by atoms with Crippen LogP contribution in [0.25, 0.3) is 0 Å². The third kappa shape index (κ3) is 9.46. The normalized spacial score (nSPS) is 11.5. The van der Waals surface area contributed by atoms with Gasteiger partial charge in [-0.1, -0.05) is 87.6 Å². The van der Waals surface area contributed by atoms with Crippen LogP contribution in [0.4, 0.5) is 0 Å². The van der Waals surface area contributed by atoms with E-state index in [1.54, 1.807) is 13.8 Å². The number of rotatable bonds is 15. The molecule has 4 nitrogen and oxygen atoms in total. The molecule has 0 unspecified atom stereocenters. The van der Waals surface area contributed by atoms with Gasteiger partial charge in [0.1, 0.15) is 0 Å². The molecule has 0 spiro atoms. The van der Waals surface area contributed by atoms with Crippen LogP contribution in [-0.4, -0.2) is 33.2 Å². The van der Waals surface area contributed by atoms with E-state index in [2.05, 4.69) is 44.3 Å². The summed E-state index contributed by atoms with van der Waals surface area (Å²) in [7, 11) is -1.63. The largest absolute Gasteiger partial charge is 0.465 e. The smallest absolute Gasteiger partial charge is 0.320 e. The molecule has 0 aliphatic carbocycles. The Morgan fingerprint density at radius 2 is 1.40 bits per heavy atom. The lowest BCUT2D eigenvalue weighted by molar-refractivity contribution is -0.161. The van der Waals surface area contributed by atoms with Crippen molar-refractivity contribution in [3.63, 3.8) is 0 Å². The molecule has 0 aliphatic rings. The molecule has 0 radical (unpaired) electrons. The molecule has 0 N–H and O–H groups in total. The lowest BCUT2D eigenvalue weighted by Crippen LogP contribution is -2.41. The minimum Gasteiger partial charge on any atom is -0.465 e. The maximum Gasteiger partial charge on any atom is 0.320 e. The Bertz CT molecular complexity index is 607. The third-order valence-corrected chi connectivity index (χ3v) is 9.24. The van der Waals surface area contributed by atoms with E-state index in [1.165, 1.54) is 42.9 Å². The molecule has 0 saturated carbocycles. The number of aryl methyl sites for hydroxylation is 1. The highest BCUT2D eigenvalue weighted by atomic mass is 28.3. The second kappa shape index (κ2) is 14.4. The minimum atomic E-state index is -1.63. The van der Waals surface area contributed by atoms with Crippen molar-refractivity contribution >= 4 is 25.2 Å². The molecule has 30 heavy (non-hydrogen) atoms. The Labute approximate surface area is 184 Å². The second-order valence-corrected chi connectivity index (χ2v) is 13.5. The van der Waals surface area contributed by atoms with E-state index in [9.17, 15) is 9.59 Å².